The van der Waals surface area contributed by atoms with Crippen molar-refractivity contribution in [2.75, 3.05) is 18.4 Å². The molecule has 0 spiro atoms. The topological polar surface area (TPSA) is 52.6 Å². The SMILES string of the molecule is CCc1ccc(C(=O)Nc2ccccc2CN2CCC(O)CC2)cc1. The van der Waals surface area contributed by atoms with Gasteiger partial charge in [-0.2, -0.15) is 0 Å². The van der Waals surface area contributed by atoms with Crippen LogP contribution in [0.3, 0.4) is 0 Å². The molecule has 0 atom stereocenters. The van der Waals surface area contributed by atoms with E-state index in [-0.39, 0.29) is 12.0 Å². The number of piperidine rings is 1. The Morgan fingerprint density at radius 2 is 1.80 bits per heavy atom. The number of carbonyl (C=O) groups is 1. The predicted molar refractivity (Wildman–Crippen MR) is 101 cm³/mol. The Labute approximate surface area is 149 Å². The second kappa shape index (κ2) is 8.28. The number of carbonyl (C=O) groups excluding carboxylic acids is 1. The highest BCUT2D eigenvalue weighted by Gasteiger charge is 2.18. The average Bonchev–Trinajstić information content (AvgIpc) is 2.65. The third-order valence-electron chi connectivity index (χ3n) is 4.84. The van der Waals surface area contributed by atoms with E-state index in [1.165, 1.54) is 5.56 Å². The van der Waals surface area contributed by atoms with Gasteiger partial charge in [0.05, 0.1) is 6.10 Å². The van der Waals surface area contributed by atoms with Crippen LogP contribution >= 0.6 is 0 Å². The van der Waals surface area contributed by atoms with Gasteiger partial charge in [-0.15, -0.1) is 0 Å². The number of hydrogen-bond donors (Lipinski definition) is 2. The maximum atomic E-state index is 12.5. The van der Waals surface area contributed by atoms with Crippen LogP contribution in [0.2, 0.25) is 0 Å². The maximum Gasteiger partial charge on any atom is 0.255 e. The van der Waals surface area contributed by atoms with Crippen LogP contribution < -0.4 is 5.32 Å². The van der Waals surface area contributed by atoms with Crippen LogP contribution in [-0.4, -0.2) is 35.1 Å². The van der Waals surface area contributed by atoms with Crippen molar-refractivity contribution >= 4 is 11.6 Å². The third kappa shape index (κ3) is 4.68. The monoisotopic (exact) mass is 338 g/mol. The number of aliphatic hydroxyl groups is 1. The molecular formula is C21H26N2O2. The Bertz CT molecular complexity index is 704. The number of amides is 1. The lowest BCUT2D eigenvalue weighted by atomic mass is 10.1. The first kappa shape index (κ1) is 17.6. The van der Waals surface area contributed by atoms with Gasteiger partial charge in [-0.3, -0.25) is 9.69 Å². The number of aryl methyl sites for hydroxylation is 1. The molecule has 1 heterocycles. The minimum absolute atomic E-state index is 0.0795. The molecular weight excluding hydrogens is 312 g/mol. The zero-order valence-corrected chi connectivity index (χ0v) is 14.7. The van der Waals surface area contributed by atoms with E-state index < -0.39 is 0 Å². The van der Waals surface area contributed by atoms with E-state index in [9.17, 15) is 9.90 Å². The smallest absolute Gasteiger partial charge is 0.255 e. The van der Waals surface area contributed by atoms with Crippen molar-refractivity contribution in [1.82, 2.24) is 4.90 Å². The van der Waals surface area contributed by atoms with Gasteiger partial charge in [0, 0.05) is 30.9 Å². The molecule has 0 aromatic heterocycles. The molecule has 0 bridgehead atoms. The van der Waals surface area contributed by atoms with Gasteiger partial charge in [-0.05, 0) is 48.6 Å². The fourth-order valence-corrected chi connectivity index (χ4v) is 3.18. The lowest BCUT2D eigenvalue weighted by Gasteiger charge is -2.30. The van der Waals surface area contributed by atoms with Gasteiger partial charge in [-0.1, -0.05) is 37.3 Å². The van der Waals surface area contributed by atoms with E-state index >= 15 is 0 Å². The fourth-order valence-electron chi connectivity index (χ4n) is 3.18. The first-order valence-corrected chi connectivity index (χ1v) is 9.04. The fraction of sp³-hybridized carbons (Fsp3) is 0.381. The van der Waals surface area contributed by atoms with Gasteiger partial charge in [0.25, 0.3) is 5.91 Å². The van der Waals surface area contributed by atoms with Crippen LogP contribution in [-0.2, 0) is 13.0 Å². The largest absolute Gasteiger partial charge is 0.393 e. The molecule has 1 amide bonds. The van der Waals surface area contributed by atoms with E-state index in [4.69, 9.17) is 0 Å². The summed E-state index contributed by atoms with van der Waals surface area (Å²) in [5, 5.41) is 12.7. The summed E-state index contributed by atoms with van der Waals surface area (Å²) in [7, 11) is 0. The lowest BCUT2D eigenvalue weighted by Crippen LogP contribution is -2.35. The van der Waals surface area contributed by atoms with Gasteiger partial charge < -0.3 is 10.4 Å². The normalized spacial score (nSPS) is 15.9. The average molecular weight is 338 g/mol. The van der Waals surface area contributed by atoms with Crippen molar-refractivity contribution < 1.29 is 9.90 Å². The minimum atomic E-state index is -0.169. The van der Waals surface area contributed by atoms with Crippen molar-refractivity contribution in [3.05, 3.63) is 65.2 Å². The summed E-state index contributed by atoms with van der Waals surface area (Å²) in [6.45, 7) is 4.67. The van der Waals surface area contributed by atoms with E-state index in [1.807, 2.05) is 42.5 Å². The number of hydrogen-bond acceptors (Lipinski definition) is 3. The van der Waals surface area contributed by atoms with Crippen LogP contribution in [0.1, 0.15) is 41.3 Å². The van der Waals surface area contributed by atoms with Crippen LogP contribution in [0.15, 0.2) is 48.5 Å². The van der Waals surface area contributed by atoms with Gasteiger partial charge in [-0.25, -0.2) is 0 Å². The van der Waals surface area contributed by atoms with Gasteiger partial charge in [0.2, 0.25) is 0 Å². The highest BCUT2D eigenvalue weighted by atomic mass is 16.3. The van der Waals surface area contributed by atoms with E-state index in [0.717, 1.165) is 50.1 Å². The summed E-state index contributed by atoms with van der Waals surface area (Å²) < 4.78 is 0. The number of rotatable bonds is 5. The van der Waals surface area contributed by atoms with Crippen LogP contribution in [0.5, 0.6) is 0 Å². The number of para-hydroxylation sites is 1. The van der Waals surface area contributed by atoms with Crippen LogP contribution in [0.4, 0.5) is 5.69 Å². The molecule has 0 saturated carbocycles. The molecule has 2 N–H and O–H groups in total. The summed E-state index contributed by atoms with van der Waals surface area (Å²) in [6, 6.07) is 15.7. The van der Waals surface area contributed by atoms with Gasteiger partial charge >= 0.3 is 0 Å². The molecule has 3 rings (SSSR count). The Morgan fingerprint density at radius 1 is 1.12 bits per heavy atom. The molecule has 0 radical (unpaired) electrons. The molecule has 2 aromatic rings. The number of nitrogens with one attached hydrogen (secondary N) is 1. The maximum absolute atomic E-state index is 12.5. The lowest BCUT2D eigenvalue weighted by molar-refractivity contribution is 0.0793. The molecule has 1 saturated heterocycles. The molecule has 4 nitrogen and oxygen atoms in total. The quantitative estimate of drug-likeness (QED) is 0.878. The number of nitrogens with zero attached hydrogens (tertiary/aromatic N) is 1. The second-order valence-electron chi connectivity index (χ2n) is 6.67. The van der Waals surface area contributed by atoms with E-state index in [1.54, 1.807) is 0 Å². The first-order valence-electron chi connectivity index (χ1n) is 9.04. The number of benzene rings is 2. The van der Waals surface area contributed by atoms with Crippen LogP contribution in [0, 0.1) is 0 Å². The summed E-state index contributed by atoms with van der Waals surface area (Å²) in [4.78, 5) is 14.9. The molecule has 1 aliphatic rings. The number of likely N-dealkylation sites (tertiary alicyclic amines) is 1. The van der Waals surface area contributed by atoms with Crippen molar-refractivity contribution in [3.8, 4) is 0 Å². The first-order chi connectivity index (χ1) is 12.2. The number of anilines is 1. The summed E-state index contributed by atoms with van der Waals surface area (Å²) in [5.41, 5.74) is 3.87. The van der Waals surface area contributed by atoms with Crippen molar-refractivity contribution in [2.45, 2.75) is 38.8 Å². The van der Waals surface area contributed by atoms with E-state index in [0.29, 0.717) is 5.56 Å². The molecule has 4 heteroatoms. The minimum Gasteiger partial charge on any atom is -0.393 e. The Hall–Kier alpha value is -2.17. The third-order valence-corrected chi connectivity index (χ3v) is 4.84. The molecule has 2 aromatic carbocycles. The molecule has 1 aliphatic heterocycles. The standard InChI is InChI=1S/C21H26N2O2/c1-2-16-7-9-17(10-8-16)21(25)22-20-6-4-3-5-18(20)15-23-13-11-19(24)12-14-23/h3-10,19,24H,2,11-15H2,1H3,(H,22,25). The van der Waals surface area contributed by atoms with Crippen molar-refractivity contribution in [2.24, 2.45) is 0 Å². The highest BCUT2D eigenvalue weighted by molar-refractivity contribution is 6.04. The molecule has 1 fully saturated rings. The van der Waals surface area contributed by atoms with Gasteiger partial charge in [0.15, 0.2) is 0 Å². The highest BCUT2D eigenvalue weighted by Crippen LogP contribution is 2.21. The Kier molecular flexibility index (Phi) is 5.84. The van der Waals surface area contributed by atoms with Crippen molar-refractivity contribution in [1.29, 1.82) is 0 Å². The molecule has 132 valence electrons. The van der Waals surface area contributed by atoms with Crippen LogP contribution in [0.25, 0.3) is 0 Å². The van der Waals surface area contributed by atoms with Crippen molar-refractivity contribution in [3.63, 3.8) is 0 Å². The summed E-state index contributed by atoms with van der Waals surface area (Å²) in [5.74, 6) is -0.0795. The number of aliphatic hydroxyl groups excluding tert-OH is 1. The van der Waals surface area contributed by atoms with E-state index in [2.05, 4.69) is 23.2 Å². The molecule has 0 aliphatic carbocycles. The molecule has 25 heavy (non-hydrogen) atoms. The summed E-state index contributed by atoms with van der Waals surface area (Å²) in [6.07, 6.45) is 2.43. The Morgan fingerprint density at radius 3 is 2.48 bits per heavy atom. The van der Waals surface area contributed by atoms with Gasteiger partial charge in [0.1, 0.15) is 0 Å². The Balaban J connectivity index is 1.68. The molecule has 0 unspecified atom stereocenters. The summed E-state index contributed by atoms with van der Waals surface area (Å²) >= 11 is 0. The zero-order chi connectivity index (χ0) is 17.6. The zero-order valence-electron chi connectivity index (χ0n) is 14.7. The predicted octanol–water partition coefficient (Wildman–Crippen LogP) is 3.46. The second-order valence-corrected chi connectivity index (χ2v) is 6.67.